The van der Waals surface area contributed by atoms with Crippen molar-refractivity contribution in [2.45, 2.75) is 19.4 Å². The van der Waals surface area contributed by atoms with Gasteiger partial charge in [0.05, 0.1) is 6.04 Å². The molecule has 0 aliphatic rings. The largest absolute Gasteiger partial charge is 0.368 e. The lowest BCUT2D eigenvalue weighted by molar-refractivity contribution is -0.119. The molecule has 0 bridgehead atoms. The van der Waals surface area contributed by atoms with Crippen LogP contribution in [0.25, 0.3) is 0 Å². The molecule has 9 heavy (non-hydrogen) atoms. The zero-order valence-corrected chi connectivity index (χ0v) is 5.35. The van der Waals surface area contributed by atoms with Crippen LogP contribution in [0.1, 0.15) is 13.3 Å². The van der Waals surface area contributed by atoms with E-state index in [2.05, 4.69) is 11.8 Å². The third-order valence-corrected chi connectivity index (χ3v) is 0.864. The summed E-state index contributed by atoms with van der Waals surface area (Å²) in [5.41, 5.74) is 10.1. The quantitative estimate of drug-likeness (QED) is 0.476. The number of amides is 1. The number of carbonyl (C=O) groups excluding carboxylic acids is 1. The summed E-state index contributed by atoms with van der Waals surface area (Å²) in [6, 6.07) is -0.613. The summed E-state index contributed by atoms with van der Waals surface area (Å²) in [6.07, 6.45) is 0.353. The molecule has 1 atom stereocenters. The van der Waals surface area contributed by atoms with E-state index in [0.717, 1.165) is 0 Å². The van der Waals surface area contributed by atoms with E-state index in [1.165, 1.54) is 0 Å². The summed E-state index contributed by atoms with van der Waals surface area (Å²) >= 11 is 0. The third kappa shape index (κ3) is 3.56. The van der Waals surface area contributed by atoms with E-state index < -0.39 is 11.9 Å². The van der Waals surface area contributed by atoms with Crippen molar-refractivity contribution in [2.75, 3.05) is 0 Å². The van der Waals surface area contributed by atoms with Gasteiger partial charge in [-0.3, -0.25) is 4.79 Å². The minimum absolute atomic E-state index is 0.353. The lowest BCUT2D eigenvalue weighted by Crippen LogP contribution is -2.35. The minimum atomic E-state index is -0.613. The fourth-order valence-corrected chi connectivity index (χ4v) is 0.313. The van der Waals surface area contributed by atoms with Crippen LogP contribution in [-0.4, -0.2) is 11.9 Å². The van der Waals surface area contributed by atoms with Gasteiger partial charge >= 0.3 is 0 Å². The van der Waals surface area contributed by atoms with Crippen molar-refractivity contribution in [2.24, 2.45) is 11.5 Å². The predicted molar refractivity (Wildman–Crippen MR) is 35.2 cm³/mol. The third-order valence-electron chi connectivity index (χ3n) is 0.864. The number of nitrogens with two attached hydrogens (primary N) is 2. The van der Waals surface area contributed by atoms with Gasteiger partial charge in [0.2, 0.25) is 5.91 Å². The summed E-state index contributed by atoms with van der Waals surface area (Å²) < 4.78 is 0. The molecule has 0 heterocycles. The van der Waals surface area contributed by atoms with Crippen LogP contribution in [0.2, 0.25) is 0 Å². The Morgan fingerprint density at radius 1 is 1.78 bits per heavy atom. The Hall–Kier alpha value is -1.01. The highest BCUT2D eigenvalue weighted by Crippen LogP contribution is 1.81. The van der Waals surface area contributed by atoms with Gasteiger partial charge in [-0.1, -0.05) is 0 Å². The molecule has 3 nitrogen and oxygen atoms in total. The van der Waals surface area contributed by atoms with Crippen molar-refractivity contribution in [1.82, 2.24) is 0 Å². The fraction of sp³-hybridized carbons (Fsp3) is 0.500. The highest BCUT2D eigenvalue weighted by atomic mass is 16.1. The van der Waals surface area contributed by atoms with Crippen LogP contribution in [-0.2, 0) is 4.79 Å². The molecule has 0 rings (SSSR count). The maximum absolute atomic E-state index is 10.2. The van der Waals surface area contributed by atoms with Crippen LogP contribution < -0.4 is 11.5 Å². The van der Waals surface area contributed by atoms with Gasteiger partial charge in [-0.15, -0.1) is 11.8 Å². The molecule has 0 spiro atoms. The monoisotopic (exact) mass is 126 g/mol. The molecule has 0 aromatic rings. The number of primary amides is 1. The van der Waals surface area contributed by atoms with Crippen LogP contribution >= 0.6 is 0 Å². The van der Waals surface area contributed by atoms with Crippen molar-refractivity contribution in [3.63, 3.8) is 0 Å². The lowest BCUT2D eigenvalue weighted by Gasteiger charge is -1.98. The highest BCUT2D eigenvalue weighted by molar-refractivity contribution is 5.79. The molecule has 4 N–H and O–H groups in total. The van der Waals surface area contributed by atoms with Crippen LogP contribution in [0.3, 0.4) is 0 Å². The Balaban J connectivity index is 3.59. The van der Waals surface area contributed by atoms with E-state index in [0.29, 0.717) is 6.42 Å². The first-order chi connectivity index (χ1) is 4.18. The standard InChI is InChI=1S/C6H10N2O/c1-2-3-4-5(7)6(8)9/h5H,4,7H2,1H3,(H2,8,9)/t5-/m0/s1. The second-order valence-corrected chi connectivity index (χ2v) is 1.64. The molecular formula is C6H10N2O. The second-order valence-electron chi connectivity index (χ2n) is 1.64. The van der Waals surface area contributed by atoms with Crippen molar-refractivity contribution >= 4 is 5.91 Å². The molecule has 0 fully saturated rings. The molecule has 3 heteroatoms. The van der Waals surface area contributed by atoms with Crippen molar-refractivity contribution < 1.29 is 4.79 Å². The first-order valence-electron chi connectivity index (χ1n) is 2.63. The predicted octanol–water partition coefficient (Wildman–Crippen LogP) is -0.788. The molecule has 0 saturated carbocycles. The molecule has 0 unspecified atom stereocenters. The molecule has 1 amide bonds. The minimum Gasteiger partial charge on any atom is -0.368 e. The van der Waals surface area contributed by atoms with Crippen LogP contribution in [0.5, 0.6) is 0 Å². The van der Waals surface area contributed by atoms with E-state index in [-0.39, 0.29) is 0 Å². The van der Waals surface area contributed by atoms with Crippen molar-refractivity contribution in [3.8, 4) is 11.8 Å². The zero-order valence-electron chi connectivity index (χ0n) is 5.35. The molecule has 0 radical (unpaired) electrons. The summed E-state index contributed by atoms with van der Waals surface area (Å²) in [4.78, 5) is 10.2. The Kier molecular flexibility index (Phi) is 3.49. The van der Waals surface area contributed by atoms with Gasteiger partial charge in [0.1, 0.15) is 0 Å². The first kappa shape index (κ1) is 7.99. The first-order valence-corrected chi connectivity index (χ1v) is 2.63. The van der Waals surface area contributed by atoms with Crippen molar-refractivity contribution in [1.29, 1.82) is 0 Å². The second kappa shape index (κ2) is 3.93. The van der Waals surface area contributed by atoms with Crippen LogP contribution in [0, 0.1) is 11.8 Å². The van der Waals surface area contributed by atoms with Gasteiger partial charge in [-0.2, -0.15) is 0 Å². The molecule has 0 aromatic heterocycles. The molecule has 0 aromatic carbocycles. The summed E-state index contributed by atoms with van der Waals surface area (Å²) in [6.45, 7) is 1.69. The Morgan fingerprint density at radius 3 is 2.67 bits per heavy atom. The summed E-state index contributed by atoms with van der Waals surface area (Å²) in [5.74, 6) is 4.77. The highest BCUT2D eigenvalue weighted by Gasteiger charge is 2.04. The average molecular weight is 126 g/mol. The van der Waals surface area contributed by atoms with Crippen LogP contribution in [0.15, 0.2) is 0 Å². The zero-order chi connectivity index (χ0) is 7.28. The molecule has 0 saturated heterocycles. The topological polar surface area (TPSA) is 69.1 Å². The number of hydrogen-bond donors (Lipinski definition) is 2. The maximum Gasteiger partial charge on any atom is 0.235 e. The number of rotatable bonds is 2. The normalized spacial score (nSPS) is 11.3. The van der Waals surface area contributed by atoms with Gasteiger partial charge in [0.25, 0.3) is 0 Å². The van der Waals surface area contributed by atoms with E-state index in [1.807, 2.05) is 0 Å². The van der Waals surface area contributed by atoms with E-state index in [4.69, 9.17) is 11.5 Å². The van der Waals surface area contributed by atoms with Crippen molar-refractivity contribution in [3.05, 3.63) is 0 Å². The number of hydrogen-bond acceptors (Lipinski definition) is 2. The van der Waals surface area contributed by atoms with Gasteiger partial charge in [0, 0.05) is 6.42 Å². The molecule has 0 aliphatic heterocycles. The Morgan fingerprint density at radius 2 is 2.33 bits per heavy atom. The molecular weight excluding hydrogens is 116 g/mol. The summed E-state index contributed by atoms with van der Waals surface area (Å²) in [7, 11) is 0. The fourth-order valence-electron chi connectivity index (χ4n) is 0.313. The Bertz CT molecular complexity index is 154. The lowest BCUT2D eigenvalue weighted by atomic mass is 10.2. The van der Waals surface area contributed by atoms with Gasteiger partial charge in [-0.25, -0.2) is 0 Å². The van der Waals surface area contributed by atoms with E-state index >= 15 is 0 Å². The van der Waals surface area contributed by atoms with E-state index in [9.17, 15) is 4.79 Å². The maximum atomic E-state index is 10.2. The van der Waals surface area contributed by atoms with Gasteiger partial charge in [0.15, 0.2) is 0 Å². The van der Waals surface area contributed by atoms with Crippen LogP contribution in [0.4, 0.5) is 0 Å². The SMILES string of the molecule is CC#CC[C@H](N)C(N)=O. The average Bonchev–Trinajstić information content (AvgIpc) is 1.82. The summed E-state index contributed by atoms with van der Waals surface area (Å²) in [5, 5.41) is 0. The Labute approximate surface area is 54.4 Å². The van der Waals surface area contributed by atoms with E-state index in [1.54, 1.807) is 6.92 Å². The van der Waals surface area contributed by atoms with Gasteiger partial charge < -0.3 is 11.5 Å². The van der Waals surface area contributed by atoms with Gasteiger partial charge in [-0.05, 0) is 6.92 Å². The number of carbonyl (C=O) groups is 1. The smallest absolute Gasteiger partial charge is 0.235 e. The molecule has 50 valence electrons. The molecule has 0 aliphatic carbocycles.